The molecule has 1 aliphatic heterocycles. The predicted octanol–water partition coefficient (Wildman–Crippen LogP) is 3.93. The molecule has 0 amide bonds. The van der Waals surface area contributed by atoms with Gasteiger partial charge in [-0.1, -0.05) is 38.1 Å². The monoisotopic (exact) mass is 402 g/mol. The highest BCUT2D eigenvalue weighted by Crippen LogP contribution is 2.27. The Hall–Kier alpha value is -1.89. The molecule has 2 aromatic rings. The first-order chi connectivity index (χ1) is 13.4. The molecule has 1 heterocycles. The largest absolute Gasteiger partial charge is 0.497 e. The zero-order valence-electron chi connectivity index (χ0n) is 16.9. The summed E-state index contributed by atoms with van der Waals surface area (Å²) < 4.78 is 33.7. The Morgan fingerprint density at radius 1 is 0.964 bits per heavy atom. The molecule has 1 aliphatic rings. The standard InChI is InChI=1S/C22H30N2O3S/c1-17(2)18-8-12-21(13-9-18)28(25,26)23-16-22(24-14-4-5-15-24)19-6-10-20(27-3)11-7-19/h6-13,17,22-23H,4-5,14-16H2,1-3H3. The minimum absolute atomic E-state index is 0.0121. The first-order valence-electron chi connectivity index (χ1n) is 9.88. The molecule has 1 N–H and O–H groups in total. The van der Waals surface area contributed by atoms with Crippen LogP contribution in [0.5, 0.6) is 5.75 Å². The summed E-state index contributed by atoms with van der Waals surface area (Å²) in [4.78, 5) is 2.67. The molecule has 0 spiro atoms. The van der Waals surface area contributed by atoms with E-state index in [9.17, 15) is 8.42 Å². The predicted molar refractivity (Wildman–Crippen MR) is 112 cm³/mol. The van der Waals surface area contributed by atoms with Crippen molar-refractivity contribution in [3.8, 4) is 5.75 Å². The number of sulfonamides is 1. The van der Waals surface area contributed by atoms with Gasteiger partial charge in [-0.25, -0.2) is 13.1 Å². The summed E-state index contributed by atoms with van der Waals surface area (Å²) in [5, 5.41) is 0. The molecule has 0 aliphatic carbocycles. The minimum Gasteiger partial charge on any atom is -0.497 e. The fraction of sp³-hybridized carbons (Fsp3) is 0.455. The molecular formula is C22H30N2O3S. The van der Waals surface area contributed by atoms with E-state index in [4.69, 9.17) is 4.74 Å². The smallest absolute Gasteiger partial charge is 0.240 e. The molecule has 3 rings (SSSR count). The number of benzene rings is 2. The maximum atomic E-state index is 12.8. The molecule has 0 radical (unpaired) electrons. The van der Waals surface area contributed by atoms with Crippen molar-refractivity contribution in [3.63, 3.8) is 0 Å². The van der Waals surface area contributed by atoms with E-state index in [0.29, 0.717) is 17.4 Å². The van der Waals surface area contributed by atoms with Crippen molar-refractivity contribution in [2.24, 2.45) is 0 Å². The molecule has 1 unspecified atom stereocenters. The number of rotatable bonds is 8. The Labute approximate surface area is 168 Å². The number of likely N-dealkylation sites (tertiary alicyclic amines) is 1. The number of ether oxygens (including phenoxy) is 1. The number of nitrogens with zero attached hydrogens (tertiary/aromatic N) is 1. The summed E-state index contributed by atoms with van der Waals surface area (Å²) in [6, 6.07) is 15.1. The highest BCUT2D eigenvalue weighted by molar-refractivity contribution is 7.89. The Morgan fingerprint density at radius 2 is 1.54 bits per heavy atom. The Morgan fingerprint density at radius 3 is 2.07 bits per heavy atom. The van der Waals surface area contributed by atoms with E-state index in [-0.39, 0.29) is 6.04 Å². The Kier molecular flexibility index (Phi) is 6.75. The summed E-state index contributed by atoms with van der Waals surface area (Å²) in [5.41, 5.74) is 2.23. The third-order valence-corrected chi connectivity index (χ3v) is 6.85. The lowest BCUT2D eigenvalue weighted by Crippen LogP contribution is -2.36. The number of methoxy groups -OCH3 is 1. The normalized spacial score (nSPS) is 16.4. The van der Waals surface area contributed by atoms with Crippen LogP contribution < -0.4 is 9.46 Å². The second-order valence-corrected chi connectivity index (χ2v) is 9.37. The van der Waals surface area contributed by atoms with Crippen molar-refractivity contribution < 1.29 is 13.2 Å². The van der Waals surface area contributed by atoms with Gasteiger partial charge in [0.05, 0.1) is 12.0 Å². The van der Waals surface area contributed by atoms with E-state index in [1.807, 2.05) is 36.4 Å². The van der Waals surface area contributed by atoms with Gasteiger partial charge in [-0.05, 0) is 67.2 Å². The maximum Gasteiger partial charge on any atom is 0.240 e. The summed E-state index contributed by atoms with van der Waals surface area (Å²) in [5.74, 6) is 1.18. The van der Waals surface area contributed by atoms with Crippen LogP contribution in [-0.2, 0) is 10.0 Å². The average Bonchev–Trinajstić information content (AvgIpc) is 3.23. The number of hydrogen-bond acceptors (Lipinski definition) is 4. The summed E-state index contributed by atoms with van der Waals surface area (Å²) >= 11 is 0. The van der Waals surface area contributed by atoms with E-state index in [1.165, 1.54) is 0 Å². The number of hydrogen-bond donors (Lipinski definition) is 1. The van der Waals surface area contributed by atoms with Gasteiger partial charge < -0.3 is 4.74 Å². The molecule has 2 aromatic carbocycles. The first-order valence-corrected chi connectivity index (χ1v) is 11.4. The van der Waals surface area contributed by atoms with Gasteiger partial charge in [-0.3, -0.25) is 4.90 Å². The van der Waals surface area contributed by atoms with Crippen LogP contribution in [0.3, 0.4) is 0 Å². The second kappa shape index (κ2) is 9.07. The fourth-order valence-corrected chi connectivity index (χ4v) is 4.68. The van der Waals surface area contributed by atoms with Crippen molar-refractivity contribution >= 4 is 10.0 Å². The van der Waals surface area contributed by atoms with Crippen molar-refractivity contribution in [2.75, 3.05) is 26.7 Å². The quantitative estimate of drug-likeness (QED) is 0.727. The molecular weight excluding hydrogens is 372 g/mol. The maximum absolute atomic E-state index is 12.8. The van der Waals surface area contributed by atoms with Crippen LogP contribution >= 0.6 is 0 Å². The molecule has 28 heavy (non-hydrogen) atoms. The van der Waals surface area contributed by atoms with Gasteiger partial charge in [0.1, 0.15) is 5.75 Å². The van der Waals surface area contributed by atoms with Crippen LogP contribution in [0.25, 0.3) is 0 Å². The van der Waals surface area contributed by atoms with Gasteiger partial charge in [-0.2, -0.15) is 0 Å². The van der Waals surface area contributed by atoms with E-state index < -0.39 is 10.0 Å². The minimum atomic E-state index is -3.55. The van der Waals surface area contributed by atoms with E-state index >= 15 is 0 Å². The average molecular weight is 403 g/mol. The lowest BCUT2D eigenvalue weighted by atomic mass is 10.0. The Bertz CT molecular complexity index is 856. The van der Waals surface area contributed by atoms with Crippen LogP contribution in [0, 0.1) is 0 Å². The van der Waals surface area contributed by atoms with Crippen molar-refractivity contribution in [1.29, 1.82) is 0 Å². The third-order valence-electron chi connectivity index (χ3n) is 5.41. The molecule has 152 valence electrons. The molecule has 1 atom stereocenters. The van der Waals surface area contributed by atoms with Crippen molar-refractivity contribution in [3.05, 3.63) is 59.7 Å². The fourth-order valence-electron chi connectivity index (χ4n) is 3.64. The van der Waals surface area contributed by atoms with Crippen molar-refractivity contribution in [2.45, 2.75) is 43.5 Å². The van der Waals surface area contributed by atoms with Crippen LogP contribution in [0.2, 0.25) is 0 Å². The molecule has 1 saturated heterocycles. The summed E-state index contributed by atoms with van der Waals surface area (Å²) in [6.45, 7) is 6.51. The summed E-state index contributed by atoms with van der Waals surface area (Å²) in [7, 11) is -1.91. The van der Waals surface area contributed by atoms with E-state index in [0.717, 1.165) is 42.8 Å². The lowest BCUT2D eigenvalue weighted by Gasteiger charge is -2.28. The highest BCUT2D eigenvalue weighted by atomic mass is 32.2. The van der Waals surface area contributed by atoms with Crippen LogP contribution in [0.15, 0.2) is 53.4 Å². The topological polar surface area (TPSA) is 58.6 Å². The molecule has 0 bridgehead atoms. The molecule has 5 nitrogen and oxygen atoms in total. The van der Waals surface area contributed by atoms with Crippen LogP contribution in [0.1, 0.15) is 49.8 Å². The molecule has 0 aromatic heterocycles. The van der Waals surface area contributed by atoms with Gasteiger partial charge in [0.2, 0.25) is 10.0 Å². The number of nitrogens with one attached hydrogen (secondary N) is 1. The SMILES string of the molecule is COc1ccc(C(CNS(=O)(=O)c2ccc(C(C)C)cc2)N2CCCC2)cc1. The zero-order chi connectivity index (χ0) is 20.1. The van der Waals surface area contributed by atoms with Gasteiger partial charge in [-0.15, -0.1) is 0 Å². The van der Waals surface area contributed by atoms with Gasteiger partial charge in [0, 0.05) is 12.6 Å². The highest BCUT2D eigenvalue weighted by Gasteiger charge is 2.25. The Balaban J connectivity index is 1.76. The zero-order valence-corrected chi connectivity index (χ0v) is 17.7. The van der Waals surface area contributed by atoms with E-state index in [1.54, 1.807) is 19.2 Å². The van der Waals surface area contributed by atoms with Crippen LogP contribution in [-0.4, -0.2) is 40.1 Å². The molecule has 6 heteroatoms. The first kappa shape index (κ1) is 20.8. The van der Waals surface area contributed by atoms with Crippen LogP contribution in [0.4, 0.5) is 0 Å². The van der Waals surface area contributed by atoms with Gasteiger partial charge in [0.15, 0.2) is 0 Å². The van der Waals surface area contributed by atoms with Gasteiger partial charge >= 0.3 is 0 Å². The van der Waals surface area contributed by atoms with Crippen molar-refractivity contribution in [1.82, 2.24) is 9.62 Å². The molecule has 1 fully saturated rings. The third kappa shape index (κ3) is 4.93. The van der Waals surface area contributed by atoms with Gasteiger partial charge in [0.25, 0.3) is 0 Å². The lowest BCUT2D eigenvalue weighted by molar-refractivity contribution is 0.246. The molecule has 0 saturated carbocycles. The summed E-state index contributed by atoms with van der Waals surface area (Å²) in [6.07, 6.45) is 2.30. The van der Waals surface area contributed by atoms with E-state index in [2.05, 4.69) is 23.5 Å². The second-order valence-electron chi connectivity index (χ2n) is 7.61.